The highest BCUT2D eigenvalue weighted by atomic mass is 15.3. The molecule has 1 aromatic heterocycles. The molecule has 0 bridgehead atoms. The molecule has 144 valence electrons. The van der Waals surface area contributed by atoms with E-state index in [-0.39, 0.29) is 0 Å². The molecule has 7 heteroatoms. The fourth-order valence-electron chi connectivity index (χ4n) is 3.84. The van der Waals surface area contributed by atoms with Gasteiger partial charge in [-0.15, -0.1) is 0 Å². The Bertz CT molecular complexity index is 554. The van der Waals surface area contributed by atoms with Crippen molar-refractivity contribution in [1.29, 1.82) is 0 Å². The van der Waals surface area contributed by atoms with Crippen molar-refractivity contribution in [2.45, 2.75) is 26.2 Å². The summed E-state index contributed by atoms with van der Waals surface area (Å²) >= 11 is 0. The van der Waals surface area contributed by atoms with Crippen LogP contribution in [0.5, 0.6) is 0 Å². The first-order chi connectivity index (χ1) is 12.8. The second-order valence-electron chi connectivity index (χ2n) is 7.40. The Morgan fingerprint density at radius 3 is 2.65 bits per heavy atom. The van der Waals surface area contributed by atoms with Crippen LogP contribution in [0.25, 0.3) is 0 Å². The summed E-state index contributed by atoms with van der Waals surface area (Å²) in [5, 5.41) is 3.55. The number of aromatic nitrogens is 2. The van der Waals surface area contributed by atoms with Gasteiger partial charge in [0.25, 0.3) is 0 Å². The van der Waals surface area contributed by atoms with E-state index in [0.717, 1.165) is 76.6 Å². The zero-order valence-electron chi connectivity index (χ0n) is 16.3. The number of piperidine rings is 1. The molecule has 0 spiro atoms. The Morgan fingerprint density at radius 2 is 1.96 bits per heavy atom. The third kappa shape index (κ3) is 5.30. The molecule has 1 N–H and O–H groups in total. The molecule has 3 heterocycles. The summed E-state index contributed by atoms with van der Waals surface area (Å²) in [6.07, 6.45) is 7.39. The monoisotopic (exact) mass is 359 g/mol. The molecule has 0 aliphatic carbocycles. The molecule has 2 saturated heterocycles. The number of likely N-dealkylation sites (tertiary alicyclic amines) is 1. The molecule has 2 aliphatic rings. The number of guanidine groups is 1. The highest BCUT2D eigenvalue weighted by Crippen LogP contribution is 2.15. The van der Waals surface area contributed by atoms with Gasteiger partial charge in [-0.25, -0.2) is 9.97 Å². The summed E-state index contributed by atoms with van der Waals surface area (Å²) < 4.78 is 0. The maximum atomic E-state index is 4.47. The van der Waals surface area contributed by atoms with E-state index in [1.165, 1.54) is 12.8 Å². The van der Waals surface area contributed by atoms with Crippen molar-refractivity contribution in [3.8, 4) is 0 Å². The van der Waals surface area contributed by atoms with Crippen LogP contribution in [0.2, 0.25) is 0 Å². The SMILES string of the molecule is CN=C(NCCCN1CCN(c2ncccn2)CC1)N1CCCC(C)C1. The molecule has 3 rings (SSSR count). The van der Waals surface area contributed by atoms with Gasteiger partial charge >= 0.3 is 0 Å². The van der Waals surface area contributed by atoms with Gasteiger partial charge in [-0.05, 0) is 37.8 Å². The van der Waals surface area contributed by atoms with E-state index >= 15 is 0 Å². The van der Waals surface area contributed by atoms with Crippen molar-refractivity contribution in [3.05, 3.63) is 18.5 Å². The van der Waals surface area contributed by atoms with Gasteiger partial charge in [-0.2, -0.15) is 0 Å². The van der Waals surface area contributed by atoms with E-state index in [2.05, 4.69) is 41.9 Å². The van der Waals surface area contributed by atoms with Crippen molar-refractivity contribution in [2.24, 2.45) is 10.9 Å². The molecule has 1 atom stereocenters. The van der Waals surface area contributed by atoms with E-state index < -0.39 is 0 Å². The van der Waals surface area contributed by atoms with Crippen LogP contribution >= 0.6 is 0 Å². The van der Waals surface area contributed by atoms with Crippen LogP contribution in [-0.4, -0.2) is 85.1 Å². The number of aliphatic imine (C=N–C) groups is 1. The Balaban J connectivity index is 1.33. The van der Waals surface area contributed by atoms with Crippen molar-refractivity contribution in [1.82, 2.24) is 25.1 Å². The van der Waals surface area contributed by atoms with E-state index in [0.29, 0.717) is 0 Å². The predicted octanol–water partition coefficient (Wildman–Crippen LogP) is 1.30. The lowest BCUT2D eigenvalue weighted by Crippen LogP contribution is -2.48. The van der Waals surface area contributed by atoms with Crippen molar-refractivity contribution >= 4 is 11.9 Å². The molecule has 26 heavy (non-hydrogen) atoms. The smallest absolute Gasteiger partial charge is 0.225 e. The van der Waals surface area contributed by atoms with Gasteiger partial charge in [0.15, 0.2) is 5.96 Å². The average molecular weight is 360 g/mol. The predicted molar refractivity (Wildman–Crippen MR) is 107 cm³/mol. The average Bonchev–Trinajstić information content (AvgIpc) is 2.69. The Labute approximate surface area is 157 Å². The zero-order valence-corrected chi connectivity index (χ0v) is 16.3. The number of hydrogen-bond donors (Lipinski definition) is 1. The van der Waals surface area contributed by atoms with E-state index in [4.69, 9.17) is 0 Å². The second-order valence-corrected chi connectivity index (χ2v) is 7.40. The normalized spacial score (nSPS) is 22.5. The summed E-state index contributed by atoms with van der Waals surface area (Å²) in [5.74, 6) is 2.70. The Hall–Kier alpha value is -1.89. The fourth-order valence-corrected chi connectivity index (χ4v) is 3.84. The van der Waals surface area contributed by atoms with Crippen molar-refractivity contribution < 1.29 is 0 Å². The second kappa shape index (κ2) is 9.71. The van der Waals surface area contributed by atoms with Crippen LogP contribution in [0.4, 0.5) is 5.95 Å². The quantitative estimate of drug-likeness (QED) is 0.486. The first-order valence-corrected chi connectivity index (χ1v) is 9.96. The van der Waals surface area contributed by atoms with Crippen LogP contribution in [0, 0.1) is 5.92 Å². The lowest BCUT2D eigenvalue weighted by atomic mass is 10.0. The van der Waals surface area contributed by atoms with Gasteiger partial charge in [0.1, 0.15) is 0 Å². The minimum absolute atomic E-state index is 0.771. The standard InChI is InChI=1S/C19H33N7/c1-17-6-3-11-26(16-17)18(20-2)21-9-5-10-24-12-14-25(15-13-24)19-22-7-4-8-23-19/h4,7-8,17H,3,5-6,9-16H2,1-2H3,(H,20,21). The van der Waals surface area contributed by atoms with Crippen LogP contribution in [0.3, 0.4) is 0 Å². The van der Waals surface area contributed by atoms with Gasteiger partial charge in [0, 0.05) is 65.3 Å². The van der Waals surface area contributed by atoms with E-state index in [9.17, 15) is 0 Å². The van der Waals surface area contributed by atoms with Crippen LogP contribution < -0.4 is 10.2 Å². The van der Waals surface area contributed by atoms with Gasteiger partial charge in [0.2, 0.25) is 5.95 Å². The fraction of sp³-hybridized carbons (Fsp3) is 0.737. The summed E-state index contributed by atoms with van der Waals surface area (Å²) in [6, 6.07) is 1.87. The number of piperazine rings is 1. The molecule has 0 amide bonds. The van der Waals surface area contributed by atoms with Gasteiger partial charge in [-0.1, -0.05) is 6.92 Å². The molecule has 0 aromatic carbocycles. The van der Waals surface area contributed by atoms with Gasteiger partial charge < -0.3 is 15.1 Å². The third-order valence-corrected chi connectivity index (χ3v) is 5.31. The molecule has 0 radical (unpaired) electrons. The summed E-state index contributed by atoms with van der Waals surface area (Å²) in [5.41, 5.74) is 0. The summed E-state index contributed by atoms with van der Waals surface area (Å²) in [7, 11) is 1.90. The zero-order chi connectivity index (χ0) is 18.2. The van der Waals surface area contributed by atoms with E-state index in [1.807, 2.05) is 25.5 Å². The molecule has 1 unspecified atom stereocenters. The minimum Gasteiger partial charge on any atom is -0.356 e. The highest BCUT2D eigenvalue weighted by Gasteiger charge is 2.20. The van der Waals surface area contributed by atoms with Crippen LogP contribution in [0.1, 0.15) is 26.2 Å². The van der Waals surface area contributed by atoms with E-state index in [1.54, 1.807) is 0 Å². The first-order valence-electron chi connectivity index (χ1n) is 9.96. The summed E-state index contributed by atoms with van der Waals surface area (Å²) in [6.45, 7) is 10.9. The minimum atomic E-state index is 0.771. The number of nitrogens with zero attached hydrogens (tertiary/aromatic N) is 6. The first kappa shape index (κ1) is 18.9. The van der Waals surface area contributed by atoms with Crippen molar-refractivity contribution in [3.63, 3.8) is 0 Å². The largest absolute Gasteiger partial charge is 0.356 e. The topological polar surface area (TPSA) is 59.9 Å². The third-order valence-electron chi connectivity index (χ3n) is 5.31. The maximum absolute atomic E-state index is 4.47. The summed E-state index contributed by atoms with van der Waals surface area (Å²) in [4.78, 5) is 20.4. The van der Waals surface area contributed by atoms with Crippen molar-refractivity contribution in [2.75, 3.05) is 64.3 Å². The Kier molecular flexibility index (Phi) is 7.05. The number of rotatable bonds is 5. The lowest BCUT2D eigenvalue weighted by molar-refractivity contribution is 0.250. The maximum Gasteiger partial charge on any atom is 0.225 e. The molecular formula is C19H33N7. The van der Waals surface area contributed by atoms with Crippen LogP contribution in [-0.2, 0) is 0 Å². The molecule has 1 aromatic rings. The molecule has 0 saturated carbocycles. The Morgan fingerprint density at radius 1 is 1.19 bits per heavy atom. The molecule has 2 aliphatic heterocycles. The lowest BCUT2D eigenvalue weighted by Gasteiger charge is -2.35. The van der Waals surface area contributed by atoms with Gasteiger partial charge in [0.05, 0.1) is 0 Å². The molecule has 2 fully saturated rings. The molecular weight excluding hydrogens is 326 g/mol. The number of nitrogens with one attached hydrogen (secondary N) is 1. The molecule has 7 nitrogen and oxygen atoms in total. The highest BCUT2D eigenvalue weighted by molar-refractivity contribution is 5.79. The van der Waals surface area contributed by atoms with Gasteiger partial charge in [-0.3, -0.25) is 9.89 Å². The number of hydrogen-bond acceptors (Lipinski definition) is 5. The van der Waals surface area contributed by atoms with Crippen LogP contribution in [0.15, 0.2) is 23.5 Å². The number of anilines is 1.